The average molecular weight is 264 g/mol. The van der Waals surface area contributed by atoms with E-state index in [4.69, 9.17) is 4.74 Å². The molecule has 4 heteroatoms. The first-order valence-corrected chi connectivity index (χ1v) is 7.32. The van der Waals surface area contributed by atoms with Crippen molar-refractivity contribution in [3.8, 4) is 0 Å². The fourth-order valence-electron chi connectivity index (χ4n) is 3.38. The van der Waals surface area contributed by atoms with Crippen LogP contribution < -0.4 is 0 Å². The quantitative estimate of drug-likeness (QED) is 0.879. The number of morpholine rings is 1. The third-order valence-electron chi connectivity index (χ3n) is 4.43. The fourth-order valence-corrected chi connectivity index (χ4v) is 3.38. The Morgan fingerprint density at radius 2 is 2.32 bits per heavy atom. The van der Waals surface area contributed by atoms with E-state index < -0.39 is 0 Å². The Labute approximate surface area is 115 Å². The first kappa shape index (κ1) is 13.2. The topological polar surface area (TPSA) is 37.6 Å². The highest BCUT2D eigenvalue weighted by Gasteiger charge is 2.25. The maximum absolute atomic E-state index is 10.1. The molecule has 0 saturated carbocycles. The van der Waals surface area contributed by atoms with E-state index in [0.29, 0.717) is 0 Å². The number of aryl methyl sites for hydroxylation is 1. The molecule has 2 unspecified atom stereocenters. The molecule has 1 aromatic heterocycles. The number of fused-ring (bicyclic) bond motifs is 1. The van der Waals surface area contributed by atoms with E-state index in [1.807, 2.05) is 0 Å². The van der Waals surface area contributed by atoms with E-state index in [1.54, 1.807) is 0 Å². The van der Waals surface area contributed by atoms with Gasteiger partial charge in [-0.25, -0.2) is 0 Å². The fraction of sp³-hybridized carbons (Fsp3) is 0.733. The molecule has 2 heterocycles. The third kappa shape index (κ3) is 2.57. The molecule has 4 nitrogen and oxygen atoms in total. The van der Waals surface area contributed by atoms with Crippen molar-refractivity contribution < 1.29 is 9.84 Å². The first-order chi connectivity index (χ1) is 9.15. The molecule has 1 aliphatic carbocycles. The van der Waals surface area contributed by atoms with E-state index in [-0.39, 0.29) is 12.2 Å². The Bertz CT molecular complexity index is 455. The molecule has 106 valence electrons. The van der Waals surface area contributed by atoms with Crippen molar-refractivity contribution >= 4 is 0 Å². The Morgan fingerprint density at radius 1 is 1.47 bits per heavy atom. The molecule has 1 aliphatic heterocycles. The third-order valence-corrected chi connectivity index (χ3v) is 4.43. The van der Waals surface area contributed by atoms with Gasteiger partial charge in [0.05, 0.1) is 25.4 Å². The zero-order chi connectivity index (χ0) is 13.4. The number of ether oxygens (including phenoxy) is 1. The number of aromatic nitrogens is 1. The van der Waals surface area contributed by atoms with E-state index >= 15 is 0 Å². The van der Waals surface area contributed by atoms with Crippen LogP contribution in [0.15, 0.2) is 6.07 Å². The Morgan fingerprint density at radius 3 is 3.11 bits per heavy atom. The number of hydrogen-bond donors (Lipinski definition) is 1. The number of aliphatic hydroxyl groups excluding tert-OH is 1. The summed E-state index contributed by atoms with van der Waals surface area (Å²) in [4.78, 5) is 2.33. The highest BCUT2D eigenvalue weighted by atomic mass is 16.5. The predicted octanol–water partition coefficient (Wildman–Crippen LogP) is 1.50. The van der Waals surface area contributed by atoms with Gasteiger partial charge in [-0.3, -0.25) is 0 Å². The van der Waals surface area contributed by atoms with Gasteiger partial charge in [-0.2, -0.15) is 0 Å². The number of aliphatic hydroxyl groups is 1. The van der Waals surface area contributed by atoms with Crippen molar-refractivity contribution in [1.29, 1.82) is 0 Å². The minimum atomic E-state index is -0.265. The van der Waals surface area contributed by atoms with Gasteiger partial charge in [-0.15, -0.1) is 0 Å². The molecule has 0 aromatic carbocycles. The van der Waals surface area contributed by atoms with Crippen LogP contribution in [-0.2, 0) is 17.7 Å². The average Bonchev–Trinajstić information content (AvgIpc) is 2.69. The molecule has 0 amide bonds. The molecular weight excluding hydrogens is 240 g/mol. The summed E-state index contributed by atoms with van der Waals surface area (Å²) >= 11 is 0. The Kier molecular flexibility index (Phi) is 3.65. The molecule has 1 fully saturated rings. The molecule has 19 heavy (non-hydrogen) atoms. The molecule has 3 rings (SSSR count). The maximum atomic E-state index is 10.1. The van der Waals surface area contributed by atoms with Gasteiger partial charge < -0.3 is 19.3 Å². The van der Waals surface area contributed by atoms with Crippen LogP contribution in [0, 0.1) is 6.92 Å². The van der Waals surface area contributed by atoms with Crippen LogP contribution >= 0.6 is 0 Å². The first-order valence-electron chi connectivity index (χ1n) is 7.32. The van der Waals surface area contributed by atoms with E-state index in [0.717, 1.165) is 51.1 Å². The van der Waals surface area contributed by atoms with Gasteiger partial charge in [-0.05, 0) is 39.3 Å². The number of likely N-dealkylation sites (N-methyl/N-ethyl adjacent to an activating group) is 1. The van der Waals surface area contributed by atoms with Crippen molar-refractivity contribution in [2.45, 2.75) is 44.9 Å². The summed E-state index contributed by atoms with van der Waals surface area (Å²) in [5.41, 5.74) is 3.73. The van der Waals surface area contributed by atoms with Gasteiger partial charge in [0.2, 0.25) is 0 Å². The standard InChI is InChI=1S/C15H24N2O2/c1-11-8-13-14(4-3-5-15(13)18)17(11)10-12-9-16(2)6-7-19-12/h8,12,15,18H,3-7,9-10H2,1-2H3. The Hall–Kier alpha value is -0.840. The van der Waals surface area contributed by atoms with E-state index in [9.17, 15) is 5.11 Å². The highest BCUT2D eigenvalue weighted by Crippen LogP contribution is 2.32. The minimum absolute atomic E-state index is 0.265. The second-order valence-electron chi connectivity index (χ2n) is 5.96. The summed E-state index contributed by atoms with van der Waals surface area (Å²) in [5, 5.41) is 10.1. The molecule has 1 N–H and O–H groups in total. The van der Waals surface area contributed by atoms with Gasteiger partial charge in [0.15, 0.2) is 0 Å². The summed E-state index contributed by atoms with van der Waals surface area (Å²) < 4.78 is 8.23. The molecule has 1 aromatic rings. The van der Waals surface area contributed by atoms with E-state index in [1.165, 1.54) is 11.4 Å². The van der Waals surface area contributed by atoms with E-state index in [2.05, 4.69) is 29.5 Å². The van der Waals surface area contributed by atoms with Crippen LogP contribution in [0.1, 0.15) is 35.9 Å². The molecule has 1 saturated heterocycles. The zero-order valence-corrected chi connectivity index (χ0v) is 11.9. The van der Waals surface area contributed by atoms with Gasteiger partial charge >= 0.3 is 0 Å². The summed E-state index contributed by atoms with van der Waals surface area (Å²) in [6.07, 6.45) is 3.08. The predicted molar refractivity (Wildman–Crippen MR) is 74.3 cm³/mol. The summed E-state index contributed by atoms with van der Waals surface area (Å²) in [6, 6.07) is 2.16. The maximum Gasteiger partial charge on any atom is 0.0881 e. The molecular formula is C15H24N2O2. The number of rotatable bonds is 2. The lowest BCUT2D eigenvalue weighted by Crippen LogP contribution is -2.42. The molecule has 2 aliphatic rings. The molecule has 0 radical (unpaired) electrons. The van der Waals surface area contributed by atoms with Crippen LogP contribution in [-0.4, -0.2) is 47.4 Å². The zero-order valence-electron chi connectivity index (χ0n) is 11.9. The summed E-state index contributed by atoms with van der Waals surface area (Å²) in [5.74, 6) is 0. The van der Waals surface area contributed by atoms with Crippen LogP contribution in [0.2, 0.25) is 0 Å². The van der Waals surface area contributed by atoms with Crippen molar-refractivity contribution in [3.63, 3.8) is 0 Å². The second kappa shape index (κ2) is 5.27. The Balaban J connectivity index is 1.81. The minimum Gasteiger partial charge on any atom is -0.388 e. The second-order valence-corrected chi connectivity index (χ2v) is 5.96. The largest absolute Gasteiger partial charge is 0.388 e. The number of hydrogen-bond acceptors (Lipinski definition) is 3. The normalized spacial score (nSPS) is 28.4. The van der Waals surface area contributed by atoms with Crippen molar-refractivity contribution in [3.05, 3.63) is 23.0 Å². The lowest BCUT2D eigenvalue weighted by atomic mass is 9.95. The monoisotopic (exact) mass is 264 g/mol. The van der Waals surface area contributed by atoms with Gasteiger partial charge in [0, 0.05) is 30.0 Å². The highest BCUT2D eigenvalue weighted by molar-refractivity contribution is 5.31. The van der Waals surface area contributed by atoms with Crippen LogP contribution in [0.5, 0.6) is 0 Å². The molecule has 2 atom stereocenters. The van der Waals surface area contributed by atoms with Gasteiger partial charge in [-0.1, -0.05) is 0 Å². The van der Waals surface area contributed by atoms with Crippen molar-refractivity contribution in [1.82, 2.24) is 9.47 Å². The van der Waals surface area contributed by atoms with Gasteiger partial charge in [0.25, 0.3) is 0 Å². The van der Waals surface area contributed by atoms with Crippen LogP contribution in [0.3, 0.4) is 0 Å². The molecule has 0 spiro atoms. The summed E-state index contributed by atoms with van der Waals surface area (Å²) in [7, 11) is 2.15. The lowest BCUT2D eigenvalue weighted by molar-refractivity contribution is -0.0281. The van der Waals surface area contributed by atoms with Gasteiger partial charge in [0.1, 0.15) is 0 Å². The summed E-state index contributed by atoms with van der Waals surface area (Å²) in [6.45, 7) is 5.90. The van der Waals surface area contributed by atoms with Crippen molar-refractivity contribution in [2.75, 3.05) is 26.7 Å². The number of nitrogens with zero attached hydrogens (tertiary/aromatic N) is 2. The van der Waals surface area contributed by atoms with Crippen LogP contribution in [0.4, 0.5) is 0 Å². The molecule has 0 bridgehead atoms. The lowest BCUT2D eigenvalue weighted by Gasteiger charge is -2.31. The van der Waals surface area contributed by atoms with Crippen molar-refractivity contribution in [2.24, 2.45) is 0 Å². The SMILES string of the molecule is Cc1cc2c(n1CC1CN(C)CCO1)CCCC2O. The van der Waals surface area contributed by atoms with Crippen LogP contribution in [0.25, 0.3) is 0 Å². The smallest absolute Gasteiger partial charge is 0.0881 e.